The molecule has 17 heavy (non-hydrogen) atoms. The maximum atomic E-state index is 11.2. The van der Waals surface area contributed by atoms with E-state index in [-0.39, 0.29) is 5.97 Å². The third-order valence-electron chi connectivity index (χ3n) is 2.42. The van der Waals surface area contributed by atoms with E-state index in [1.54, 1.807) is 13.2 Å². The van der Waals surface area contributed by atoms with Crippen LogP contribution in [-0.2, 0) is 16.0 Å². The largest absolute Gasteiger partial charge is 0.464 e. The SMILES string of the molecule is COCCCCNCc1ccc(C(=O)OC)[nH]1. The van der Waals surface area contributed by atoms with Gasteiger partial charge in [-0.25, -0.2) is 4.79 Å². The van der Waals surface area contributed by atoms with Crippen molar-refractivity contribution in [3.8, 4) is 0 Å². The van der Waals surface area contributed by atoms with E-state index in [0.717, 1.165) is 38.2 Å². The number of ether oxygens (including phenoxy) is 2. The number of nitrogens with one attached hydrogen (secondary N) is 2. The van der Waals surface area contributed by atoms with Gasteiger partial charge in [-0.05, 0) is 31.5 Å². The zero-order valence-electron chi connectivity index (χ0n) is 10.4. The quantitative estimate of drug-likeness (QED) is 0.531. The smallest absolute Gasteiger partial charge is 0.354 e. The van der Waals surface area contributed by atoms with Crippen LogP contribution < -0.4 is 5.32 Å². The van der Waals surface area contributed by atoms with Gasteiger partial charge in [0.1, 0.15) is 5.69 Å². The number of H-pyrrole nitrogens is 1. The van der Waals surface area contributed by atoms with Gasteiger partial charge in [-0.1, -0.05) is 0 Å². The third-order valence-corrected chi connectivity index (χ3v) is 2.42. The van der Waals surface area contributed by atoms with Crippen molar-refractivity contribution < 1.29 is 14.3 Å². The van der Waals surface area contributed by atoms with Crippen molar-refractivity contribution in [2.75, 3.05) is 27.4 Å². The lowest BCUT2D eigenvalue weighted by Gasteiger charge is -2.03. The summed E-state index contributed by atoms with van der Waals surface area (Å²) in [5.41, 5.74) is 1.47. The molecule has 0 atom stereocenters. The van der Waals surface area contributed by atoms with Gasteiger partial charge in [-0.3, -0.25) is 0 Å². The van der Waals surface area contributed by atoms with E-state index in [1.165, 1.54) is 7.11 Å². The summed E-state index contributed by atoms with van der Waals surface area (Å²) in [4.78, 5) is 14.2. The molecule has 0 fully saturated rings. The molecule has 0 spiro atoms. The molecule has 1 aromatic rings. The Bertz CT molecular complexity index is 336. The van der Waals surface area contributed by atoms with Crippen molar-refractivity contribution in [1.82, 2.24) is 10.3 Å². The highest BCUT2D eigenvalue weighted by Crippen LogP contribution is 2.03. The van der Waals surface area contributed by atoms with Gasteiger partial charge in [0.05, 0.1) is 7.11 Å². The standard InChI is InChI=1S/C12H20N2O3/c1-16-8-4-3-7-13-9-10-5-6-11(14-10)12(15)17-2/h5-6,13-14H,3-4,7-9H2,1-2H3. The van der Waals surface area contributed by atoms with Gasteiger partial charge >= 0.3 is 5.97 Å². The van der Waals surface area contributed by atoms with Gasteiger partial charge in [0, 0.05) is 26.0 Å². The zero-order chi connectivity index (χ0) is 12.5. The summed E-state index contributed by atoms with van der Waals surface area (Å²) in [7, 11) is 3.08. The predicted molar refractivity (Wildman–Crippen MR) is 64.9 cm³/mol. The summed E-state index contributed by atoms with van der Waals surface area (Å²) in [6.07, 6.45) is 2.14. The number of carbonyl (C=O) groups is 1. The fourth-order valence-corrected chi connectivity index (χ4v) is 1.49. The highest BCUT2D eigenvalue weighted by molar-refractivity contribution is 5.87. The van der Waals surface area contributed by atoms with Gasteiger partial charge in [0.25, 0.3) is 0 Å². The van der Waals surface area contributed by atoms with Crippen molar-refractivity contribution in [3.63, 3.8) is 0 Å². The van der Waals surface area contributed by atoms with Gasteiger partial charge in [-0.2, -0.15) is 0 Å². The van der Waals surface area contributed by atoms with Crippen LogP contribution in [0.2, 0.25) is 0 Å². The molecule has 1 heterocycles. The molecule has 0 aliphatic rings. The first-order valence-corrected chi connectivity index (χ1v) is 5.73. The molecule has 0 aromatic carbocycles. The molecule has 0 saturated carbocycles. The first-order valence-electron chi connectivity index (χ1n) is 5.73. The molecule has 0 unspecified atom stereocenters. The number of rotatable bonds is 8. The molecule has 0 aliphatic carbocycles. The van der Waals surface area contributed by atoms with Gasteiger partial charge in [0.15, 0.2) is 0 Å². The molecular formula is C12H20N2O3. The minimum atomic E-state index is -0.337. The first-order chi connectivity index (χ1) is 8.27. The normalized spacial score (nSPS) is 10.5. The topological polar surface area (TPSA) is 63.4 Å². The highest BCUT2D eigenvalue weighted by Gasteiger charge is 2.07. The first kappa shape index (κ1) is 13.7. The number of aromatic nitrogens is 1. The Kier molecular flexibility index (Phi) is 6.35. The van der Waals surface area contributed by atoms with Gasteiger partial charge in [-0.15, -0.1) is 0 Å². The van der Waals surface area contributed by atoms with Crippen molar-refractivity contribution in [2.24, 2.45) is 0 Å². The van der Waals surface area contributed by atoms with Crippen LogP contribution >= 0.6 is 0 Å². The predicted octanol–water partition coefficient (Wildman–Crippen LogP) is 1.32. The van der Waals surface area contributed by atoms with Crippen LogP contribution in [0.1, 0.15) is 29.0 Å². The number of esters is 1. The van der Waals surface area contributed by atoms with E-state index in [9.17, 15) is 4.79 Å². The van der Waals surface area contributed by atoms with Crippen LogP contribution in [0, 0.1) is 0 Å². The summed E-state index contributed by atoms with van der Waals surface area (Å²) < 4.78 is 9.58. The average Bonchev–Trinajstić information content (AvgIpc) is 2.81. The molecule has 2 N–H and O–H groups in total. The molecule has 1 aromatic heterocycles. The Morgan fingerprint density at radius 1 is 1.35 bits per heavy atom. The van der Waals surface area contributed by atoms with Crippen molar-refractivity contribution >= 4 is 5.97 Å². The minimum absolute atomic E-state index is 0.337. The highest BCUT2D eigenvalue weighted by atomic mass is 16.5. The van der Waals surface area contributed by atoms with Crippen LogP contribution in [0.3, 0.4) is 0 Å². The van der Waals surface area contributed by atoms with Crippen LogP contribution in [0.25, 0.3) is 0 Å². The Morgan fingerprint density at radius 2 is 2.18 bits per heavy atom. The van der Waals surface area contributed by atoms with Crippen LogP contribution in [0.4, 0.5) is 0 Å². The fourth-order valence-electron chi connectivity index (χ4n) is 1.49. The zero-order valence-corrected chi connectivity index (χ0v) is 10.4. The van der Waals surface area contributed by atoms with E-state index >= 15 is 0 Å². The molecule has 5 nitrogen and oxygen atoms in total. The molecule has 0 bridgehead atoms. The second-order valence-corrected chi connectivity index (χ2v) is 3.77. The van der Waals surface area contributed by atoms with Crippen LogP contribution in [0.15, 0.2) is 12.1 Å². The van der Waals surface area contributed by atoms with Crippen molar-refractivity contribution in [2.45, 2.75) is 19.4 Å². The number of hydrogen-bond acceptors (Lipinski definition) is 4. The molecule has 0 radical (unpaired) electrons. The van der Waals surface area contributed by atoms with Gasteiger partial charge < -0.3 is 19.8 Å². The molecule has 1 rings (SSSR count). The summed E-state index contributed by atoms with van der Waals surface area (Å²) in [5.74, 6) is -0.337. The lowest BCUT2D eigenvalue weighted by Crippen LogP contribution is -2.15. The number of unbranched alkanes of at least 4 members (excludes halogenated alkanes) is 1. The van der Waals surface area contributed by atoms with E-state index in [1.807, 2.05) is 6.07 Å². The second kappa shape index (κ2) is 7.86. The third kappa shape index (κ3) is 5.01. The number of carbonyl (C=O) groups excluding carboxylic acids is 1. The van der Waals surface area contributed by atoms with Crippen molar-refractivity contribution in [1.29, 1.82) is 0 Å². The molecule has 5 heteroatoms. The lowest BCUT2D eigenvalue weighted by molar-refractivity contribution is 0.0594. The molecule has 0 amide bonds. The van der Waals surface area contributed by atoms with Crippen molar-refractivity contribution in [3.05, 3.63) is 23.5 Å². The Labute approximate surface area is 101 Å². The Hall–Kier alpha value is -1.33. The minimum Gasteiger partial charge on any atom is -0.464 e. The summed E-state index contributed by atoms with van der Waals surface area (Å²) in [5, 5.41) is 3.29. The molecule has 0 saturated heterocycles. The number of methoxy groups -OCH3 is 2. The molecule has 0 aliphatic heterocycles. The maximum Gasteiger partial charge on any atom is 0.354 e. The Morgan fingerprint density at radius 3 is 2.88 bits per heavy atom. The maximum absolute atomic E-state index is 11.2. The van der Waals surface area contributed by atoms with Crippen LogP contribution in [-0.4, -0.2) is 38.3 Å². The number of hydrogen-bond donors (Lipinski definition) is 2. The fraction of sp³-hybridized carbons (Fsp3) is 0.583. The lowest BCUT2D eigenvalue weighted by atomic mass is 10.3. The van der Waals surface area contributed by atoms with E-state index < -0.39 is 0 Å². The van der Waals surface area contributed by atoms with E-state index in [2.05, 4.69) is 15.0 Å². The van der Waals surface area contributed by atoms with E-state index in [4.69, 9.17) is 4.74 Å². The summed E-state index contributed by atoms with van der Waals surface area (Å²) in [6, 6.07) is 3.61. The van der Waals surface area contributed by atoms with E-state index in [0.29, 0.717) is 5.69 Å². The molecular weight excluding hydrogens is 220 g/mol. The van der Waals surface area contributed by atoms with Gasteiger partial charge in [0.2, 0.25) is 0 Å². The number of aromatic amines is 1. The monoisotopic (exact) mass is 240 g/mol. The molecule has 96 valence electrons. The summed E-state index contributed by atoms with van der Waals surface area (Å²) >= 11 is 0. The summed E-state index contributed by atoms with van der Waals surface area (Å²) in [6.45, 7) is 2.47. The Balaban J connectivity index is 2.19. The second-order valence-electron chi connectivity index (χ2n) is 3.77. The average molecular weight is 240 g/mol. The van der Waals surface area contributed by atoms with Crippen LogP contribution in [0.5, 0.6) is 0 Å².